The average Bonchev–Trinajstić information content (AvgIpc) is 3.26. The molecule has 8 heteroatoms. The van der Waals surface area contributed by atoms with Crippen LogP contribution in [0.5, 0.6) is 0 Å². The van der Waals surface area contributed by atoms with E-state index in [1.165, 1.54) is 30.0 Å². The highest BCUT2D eigenvalue weighted by molar-refractivity contribution is 7.99. The number of nitrogens with zero attached hydrogens (tertiary/aromatic N) is 3. The zero-order chi connectivity index (χ0) is 19.4. The van der Waals surface area contributed by atoms with Gasteiger partial charge in [0.2, 0.25) is 5.91 Å². The predicted octanol–water partition coefficient (Wildman–Crippen LogP) is 3.46. The van der Waals surface area contributed by atoms with Crippen molar-refractivity contribution in [3.05, 3.63) is 51.7 Å². The summed E-state index contributed by atoms with van der Waals surface area (Å²) in [5.41, 5.74) is 2.16. The van der Waals surface area contributed by atoms with Gasteiger partial charge in [0.05, 0.1) is 17.2 Å². The van der Waals surface area contributed by atoms with E-state index in [1.54, 1.807) is 6.07 Å². The number of hydrogen-bond acceptors (Lipinski definition) is 6. The van der Waals surface area contributed by atoms with Crippen LogP contribution >= 0.6 is 23.1 Å². The largest absolute Gasteiger partial charge is 0.351 e. The highest BCUT2D eigenvalue weighted by Crippen LogP contribution is 2.26. The number of nitrogens with one attached hydrogen (secondary N) is 1. The molecule has 0 atom stereocenters. The van der Waals surface area contributed by atoms with Crippen LogP contribution in [0.15, 0.2) is 41.6 Å². The molecule has 1 aromatic carbocycles. The van der Waals surface area contributed by atoms with E-state index in [9.17, 15) is 9.59 Å². The van der Waals surface area contributed by atoms with Crippen LogP contribution in [-0.4, -0.2) is 32.2 Å². The first-order valence-corrected chi connectivity index (χ1v) is 10.2. The zero-order valence-corrected chi connectivity index (χ0v) is 17.0. The van der Waals surface area contributed by atoms with Gasteiger partial charge < -0.3 is 9.88 Å². The molecule has 1 N–H and O–H groups in total. The van der Waals surface area contributed by atoms with Crippen molar-refractivity contribution in [1.82, 2.24) is 20.1 Å². The number of rotatable bonds is 7. The Labute approximate surface area is 166 Å². The topological polar surface area (TPSA) is 76.9 Å². The molecule has 0 unspecified atom stereocenters. The van der Waals surface area contributed by atoms with Gasteiger partial charge in [-0.2, -0.15) is 0 Å². The van der Waals surface area contributed by atoms with Gasteiger partial charge in [-0.25, -0.2) is 0 Å². The maximum atomic E-state index is 12.5. The van der Waals surface area contributed by atoms with Crippen molar-refractivity contribution in [3.8, 4) is 11.4 Å². The van der Waals surface area contributed by atoms with Gasteiger partial charge in [0.25, 0.3) is 0 Å². The van der Waals surface area contributed by atoms with Crippen molar-refractivity contribution in [2.75, 3.05) is 5.75 Å². The van der Waals surface area contributed by atoms with Gasteiger partial charge in [-0.05, 0) is 24.6 Å². The SMILES string of the molecule is CC(=O)NCc1ccc(C(=O)CSc2nnc(-c3ccccc3C)n2C)s1. The molecule has 3 rings (SSSR count). The van der Waals surface area contributed by atoms with Crippen LogP contribution in [0.25, 0.3) is 11.4 Å². The van der Waals surface area contributed by atoms with Crippen LogP contribution in [0.2, 0.25) is 0 Å². The van der Waals surface area contributed by atoms with Crippen LogP contribution in [0, 0.1) is 6.92 Å². The van der Waals surface area contributed by atoms with Crippen molar-refractivity contribution >= 4 is 34.8 Å². The molecule has 0 aliphatic rings. The third kappa shape index (κ3) is 4.64. The van der Waals surface area contributed by atoms with E-state index in [0.717, 1.165) is 21.8 Å². The number of aromatic nitrogens is 3. The van der Waals surface area contributed by atoms with Crippen LogP contribution in [0.1, 0.15) is 27.0 Å². The molecule has 2 heterocycles. The lowest BCUT2D eigenvalue weighted by atomic mass is 10.1. The molecule has 0 fully saturated rings. The molecule has 0 saturated heterocycles. The number of hydrogen-bond donors (Lipinski definition) is 1. The maximum absolute atomic E-state index is 12.5. The molecule has 0 aliphatic carbocycles. The Morgan fingerprint density at radius 1 is 1.19 bits per heavy atom. The minimum absolute atomic E-state index is 0.0412. The van der Waals surface area contributed by atoms with E-state index in [4.69, 9.17) is 0 Å². The average molecular weight is 401 g/mol. The van der Waals surface area contributed by atoms with E-state index in [0.29, 0.717) is 22.3 Å². The Kier molecular flexibility index (Phi) is 6.08. The van der Waals surface area contributed by atoms with Gasteiger partial charge >= 0.3 is 0 Å². The fourth-order valence-electron chi connectivity index (χ4n) is 2.53. The molecule has 1 amide bonds. The Balaban J connectivity index is 1.65. The van der Waals surface area contributed by atoms with Crippen LogP contribution in [0.3, 0.4) is 0 Å². The molecule has 0 spiro atoms. The molecule has 0 saturated carbocycles. The van der Waals surface area contributed by atoms with Crippen molar-refractivity contribution in [3.63, 3.8) is 0 Å². The zero-order valence-electron chi connectivity index (χ0n) is 15.4. The number of carbonyl (C=O) groups is 2. The smallest absolute Gasteiger partial charge is 0.217 e. The summed E-state index contributed by atoms with van der Waals surface area (Å²) < 4.78 is 1.91. The van der Waals surface area contributed by atoms with Gasteiger partial charge in [0.15, 0.2) is 16.8 Å². The van der Waals surface area contributed by atoms with Crippen LogP contribution in [0.4, 0.5) is 0 Å². The number of Topliss-reactive ketones (excluding diaryl/α,β-unsaturated/α-hetero) is 1. The summed E-state index contributed by atoms with van der Waals surface area (Å²) in [7, 11) is 1.91. The Morgan fingerprint density at radius 3 is 2.70 bits per heavy atom. The molecule has 140 valence electrons. The number of amides is 1. The van der Waals surface area contributed by atoms with E-state index in [2.05, 4.69) is 15.5 Å². The Bertz CT molecular complexity index is 978. The molecule has 0 aliphatic heterocycles. The first kappa shape index (κ1) is 19.3. The number of aryl methyl sites for hydroxylation is 1. The first-order valence-electron chi connectivity index (χ1n) is 8.40. The molecular formula is C19H20N4O2S2. The van der Waals surface area contributed by atoms with Crippen molar-refractivity contribution in [2.45, 2.75) is 25.5 Å². The van der Waals surface area contributed by atoms with Gasteiger partial charge in [0.1, 0.15) is 0 Å². The standard InChI is InChI=1S/C19H20N4O2S2/c1-12-6-4-5-7-15(12)18-21-22-19(23(18)3)26-11-16(25)17-9-8-14(27-17)10-20-13(2)24/h4-9H,10-11H2,1-3H3,(H,20,24). The van der Waals surface area contributed by atoms with Crippen LogP contribution < -0.4 is 5.32 Å². The fraction of sp³-hybridized carbons (Fsp3) is 0.263. The van der Waals surface area contributed by atoms with Gasteiger partial charge in [-0.1, -0.05) is 36.0 Å². The van der Waals surface area contributed by atoms with Gasteiger partial charge in [-0.3, -0.25) is 9.59 Å². The first-order chi connectivity index (χ1) is 13.0. The van der Waals surface area contributed by atoms with Crippen molar-refractivity contribution < 1.29 is 9.59 Å². The molecule has 0 radical (unpaired) electrons. The number of benzene rings is 1. The number of ketones is 1. The Morgan fingerprint density at radius 2 is 1.96 bits per heavy atom. The quantitative estimate of drug-likeness (QED) is 0.485. The second-order valence-electron chi connectivity index (χ2n) is 6.07. The summed E-state index contributed by atoms with van der Waals surface area (Å²) in [6.45, 7) is 3.96. The molecule has 6 nitrogen and oxygen atoms in total. The van der Waals surface area contributed by atoms with Crippen molar-refractivity contribution in [1.29, 1.82) is 0 Å². The third-order valence-electron chi connectivity index (χ3n) is 4.00. The van der Waals surface area contributed by atoms with E-state index >= 15 is 0 Å². The second kappa shape index (κ2) is 8.49. The normalized spacial score (nSPS) is 10.8. The summed E-state index contributed by atoms with van der Waals surface area (Å²) >= 11 is 2.78. The predicted molar refractivity (Wildman–Crippen MR) is 108 cm³/mol. The number of carbonyl (C=O) groups excluding carboxylic acids is 2. The summed E-state index contributed by atoms with van der Waals surface area (Å²) in [6, 6.07) is 11.7. The summed E-state index contributed by atoms with van der Waals surface area (Å²) in [6.07, 6.45) is 0. The van der Waals surface area contributed by atoms with E-state index in [-0.39, 0.29) is 11.7 Å². The molecule has 0 bridgehead atoms. The minimum atomic E-state index is -0.0847. The number of thiophene rings is 1. The van der Waals surface area contributed by atoms with Gasteiger partial charge in [0, 0.05) is 24.4 Å². The molecular weight excluding hydrogens is 380 g/mol. The molecule has 2 aromatic heterocycles. The number of thioether (sulfide) groups is 1. The van der Waals surface area contributed by atoms with Gasteiger partial charge in [-0.15, -0.1) is 21.5 Å². The fourth-order valence-corrected chi connectivity index (χ4v) is 4.31. The second-order valence-corrected chi connectivity index (χ2v) is 8.18. The third-order valence-corrected chi connectivity index (χ3v) is 6.15. The molecule has 3 aromatic rings. The minimum Gasteiger partial charge on any atom is -0.351 e. The summed E-state index contributed by atoms with van der Waals surface area (Å²) in [4.78, 5) is 25.1. The van der Waals surface area contributed by atoms with E-state index in [1.807, 2.05) is 48.9 Å². The monoisotopic (exact) mass is 400 g/mol. The highest BCUT2D eigenvalue weighted by atomic mass is 32.2. The lowest BCUT2D eigenvalue weighted by Gasteiger charge is -2.05. The maximum Gasteiger partial charge on any atom is 0.217 e. The Hall–Kier alpha value is -2.45. The molecule has 27 heavy (non-hydrogen) atoms. The summed E-state index contributed by atoms with van der Waals surface area (Å²) in [5, 5.41) is 12.0. The van der Waals surface area contributed by atoms with Crippen LogP contribution in [-0.2, 0) is 18.4 Å². The van der Waals surface area contributed by atoms with E-state index < -0.39 is 0 Å². The lowest BCUT2D eigenvalue weighted by Crippen LogP contribution is -2.18. The van der Waals surface area contributed by atoms with Crippen molar-refractivity contribution in [2.24, 2.45) is 7.05 Å². The lowest BCUT2D eigenvalue weighted by molar-refractivity contribution is -0.119. The summed E-state index contributed by atoms with van der Waals surface area (Å²) in [5.74, 6) is 1.04. The highest BCUT2D eigenvalue weighted by Gasteiger charge is 2.16.